The third-order valence-corrected chi connectivity index (χ3v) is 7.58. The van der Waals surface area contributed by atoms with Gasteiger partial charge in [0.05, 0.1) is 16.9 Å². The van der Waals surface area contributed by atoms with E-state index in [1.54, 1.807) is 11.3 Å². The van der Waals surface area contributed by atoms with Gasteiger partial charge in [-0.1, -0.05) is 0 Å². The van der Waals surface area contributed by atoms with Crippen LogP contribution in [0.5, 0.6) is 0 Å². The monoisotopic (exact) mass is 337 g/mol. The highest BCUT2D eigenvalue weighted by Crippen LogP contribution is 2.39. The SMILES string of the molecule is Cc1nc(NCC2CCS(=O)(=O)C2)c2c3c(sc2n1)CCC3. The standard InChI is InChI=1S/C15H19N3O2S2/c1-9-17-14(16-7-10-5-6-22(19,20)8-10)13-11-3-2-4-12(11)21-15(13)18-9/h10H,2-8H2,1H3,(H,16,17,18). The van der Waals surface area contributed by atoms with E-state index in [4.69, 9.17) is 0 Å². The summed E-state index contributed by atoms with van der Waals surface area (Å²) in [7, 11) is -2.82. The number of hydrogen-bond acceptors (Lipinski definition) is 6. The van der Waals surface area contributed by atoms with Crippen LogP contribution in [0.3, 0.4) is 0 Å². The van der Waals surface area contributed by atoms with Crippen LogP contribution in [0, 0.1) is 12.8 Å². The van der Waals surface area contributed by atoms with Crippen LogP contribution in [-0.4, -0.2) is 36.4 Å². The van der Waals surface area contributed by atoms with Crippen LogP contribution in [-0.2, 0) is 22.7 Å². The number of anilines is 1. The number of aromatic nitrogens is 2. The predicted molar refractivity (Wildman–Crippen MR) is 89.4 cm³/mol. The minimum atomic E-state index is -2.82. The fourth-order valence-electron chi connectivity index (χ4n) is 3.50. The van der Waals surface area contributed by atoms with Crippen molar-refractivity contribution in [2.75, 3.05) is 23.4 Å². The maximum atomic E-state index is 11.6. The lowest BCUT2D eigenvalue weighted by Gasteiger charge is -2.12. The van der Waals surface area contributed by atoms with Gasteiger partial charge >= 0.3 is 0 Å². The molecule has 1 N–H and O–H groups in total. The average molecular weight is 337 g/mol. The summed E-state index contributed by atoms with van der Waals surface area (Å²) < 4.78 is 23.2. The Morgan fingerprint density at radius 3 is 2.95 bits per heavy atom. The molecule has 0 saturated carbocycles. The van der Waals surface area contributed by atoms with Crippen molar-refractivity contribution in [3.05, 3.63) is 16.3 Å². The maximum Gasteiger partial charge on any atom is 0.150 e. The van der Waals surface area contributed by atoms with Gasteiger partial charge < -0.3 is 5.32 Å². The first-order valence-corrected chi connectivity index (χ1v) is 10.4. The highest BCUT2D eigenvalue weighted by molar-refractivity contribution is 7.91. The summed E-state index contributed by atoms with van der Waals surface area (Å²) in [4.78, 5) is 11.7. The molecular weight excluding hydrogens is 318 g/mol. The van der Waals surface area contributed by atoms with Crippen LogP contribution in [0.15, 0.2) is 0 Å². The zero-order valence-corrected chi connectivity index (χ0v) is 14.2. The van der Waals surface area contributed by atoms with Gasteiger partial charge in [0.2, 0.25) is 0 Å². The molecule has 0 bridgehead atoms. The fourth-order valence-corrected chi connectivity index (χ4v) is 6.67. The van der Waals surface area contributed by atoms with E-state index < -0.39 is 9.84 Å². The molecule has 0 spiro atoms. The number of rotatable bonds is 3. The van der Waals surface area contributed by atoms with Gasteiger partial charge in [0.15, 0.2) is 9.84 Å². The summed E-state index contributed by atoms with van der Waals surface area (Å²) in [5, 5.41) is 4.59. The number of hydrogen-bond donors (Lipinski definition) is 1. The second-order valence-corrected chi connectivity index (χ2v) is 9.62. The first kappa shape index (κ1) is 14.4. The molecule has 4 rings (SSSR count). The normalized spacial score (nSPS) is 23.0. The van der Waals surface area contributed by atoms with Crippen LogP contribution in [0.4, 0.5) is 5.82 Å². The Morgan fingerprint density at radius 1 is 1.32 bits per heavy atom. The number of fused-ring (bicyclic) bond motifs is 3. The van der Waals surface area contributed by atoms with Crippen LogP contribution in [0.1, 0.15) is 29.1 Å². The van der Waals surface area contributed by atoms with Gasteiger partial charge in [-0.3, -0.25) is 0 Å². The van der Waals surface area contributed by atoms with E-state index in [1.807, 2.05) is 6.92 Å². The quantitative estimate of drug-likeness (QED) is 0.931. The van der Waals surface area contributed by atoms with E-state index in [1.165, 1.54) is 22.2 Å². The highest BCUT2D eigenvalue weighted by atomic mass is 32.2. The molecule has 1 saturated heterocycles. The Kier molecular flexibility index (Phi) is 3.38. The molecule has 3 heterocycles. The lowest BCUT2D eigenvalue weighted by molar-refractivity contribution is 0.595. The van der Waals surface area contributed by atoms with Crippen molar-refractivity contribution in [1.29, 1.82) is 0 Å². The molecule has 0 aromatic carbocycles. The molecule has 5 nitrogen and oxygen atoms in total. The number of nitrogens with one attached hydrogen (secondary N) is 1. The molecule has 1 atom stereocenters. The van der Waals surface area contributed by atoms with Gasteiger partial charge in [-0.25, -0.2) is 18.4 Å². The molecular formula is C15H19N3O2S2. The van der Waals surface area contributed by atoms with Gasteiger partial charge in [-0.15, -0.1) is 11.3 Å². The molecule has 1 fully saturated rings. The number of thiophene rings is 1. The molecule has 7 heteroatoms. The lowest BCUT2D eigenvalue weighted by atomic mass is 10.1. The van der Waals surface area contributed by atoms with Gasteiger partial charge in [0.25, 0.3) is 0 Å². The first-order valence-electron chi connectivity index (χ1n) is 7.75. The fraction of sp³-hybridized carbons (Fsp3) is 0.600. The van der Waals surface area contributed by atoms with Crippen molar-refractivity contribution >= 4 is 37.2 Å². The van der Waals surface area contributed by atoms with Crippen LogP contribution in [0.2, 0.25) is 0 Å². The van der Waals surface area contributed by atoms with Crippen LogP contribution >= 0.6 is 11.3 Å². The molecule has 1 aliphatic heterocycles. The molecule has 118 valence electrons. The van der Waals surface area contributed by atoms with E-state index in [0.717, 1.165) is 35.7 Å². The Balaban J connectivity index is 1.64. The van der Waals surface area contributed by atoms with E-state index in [2.05, 4.69) is 15.3 Å². The minimum absolute atomic E-state index is 0.196. The molecule has 0 amide bonds. The molecule has 2 aromatic heterocycles. The van der Waals surface area contributed by atoms with Crippen molar-refractivity contribution in [3.63, 3.8) is 0 Å². The molecule has 0 radical (unpaired) electrons. The lowest BCUT2D eigenvalue weighted by Crippen LogP contribution is -2.16. The Bertz CT molecular complexity index is 842. The van der Waals surface area contributed by atoms with Crippen molar-refractivity contribution in [2.24, 2.45) is 5.92 Å². The number of nitrogens with zero attached hydrogens (tertiary/aromatic N) is 2. The topological polar surface area (TPSA) is 72.0 Å². The zero-order chi connectivity index (χ0) is 15.3. The second-order valence-electron chi connectivity index (χ2n) is 6.31. The summed E-state index contributed by atoms with van der Waals surface area (Å²) in [6, 6.07) is 0. The van der Waals surface area contributed by atoms with E-state index >= 15 is 0 Å². The number of aryl methyl sites for hydroxylation is 3. The maximum absolute atomic E-state index is 11.6. The van der Waals surface area contributed by atoms with E-state index in [9.17, 15) is 8.42 Å². The highest BCUT2D eigenvalue weighted by Gasteiger charge is 2.28. The van der Waals surface area contributed by atoms with Crippen molar-refractivity contribution < 1.29 is 8.42 Å². The van der Waals surface area contributed by atoms with Crippen LogP contribution in [0.25, 0.3) is 10.2 Å². The largest absolute Gasteiger partial charge is 0.369 e. The zero-order valence-electron chi connectivity index (χ0n) is 12.6. The van der Waals surface area contributed by atoms with Gasteiger partial charge in [0.1, 0.15) is 16.5 Å². The Hall–Kier alpha value is -1.21. The molecule has 2 aromatic rings. The number of sulfone groups is 1. The second kappa shape index (κ2) is 5.16. The van der Waals surface area contributed by atoms with Gasteiger partial charge in [-0.05, 0) is 44.1 Å². The van der Waals surface area contributed by atoms with Crippen LogP contribution < -0.4 is 5.32 Å². The van der Waals surface area contributed by atoms with Gasteiger partial charge in [-0.2, -0.15) is 0 Å². The Labute approximate surface area is 134 Å². The first-order chi connectivity index (χ1) is 10.5. The summed E-state index contributed by atoms with van der Waals surface area (Å²) in [6.07, 6.45) is 4.22. The van der Waals surface area contributed by atoms with Crippen molar-refractivity contribution in [2.45, 2.75) is 32.6 Å². The molecule has 1 unspecified atom stereocenters. The summed E-state index contributed by atoms with van der Waals surface area (Å²) >= 11 is 1.79. The summed E-state index contributed by atoms with van der Waals surface area (Å²) in [5.41, 5.74) is 1.40. The molecule has 22 heavy (non-hydrogen) atoms. The van der Waals surface area contributed by atoms with E-state index in [-0.39, 0.29) is 5.92 Å². The molecule has 2 aliphatic rings. The van der Waals surface area contributed by atoms with Crippen molar-refractivity contribution in [3.8, 4) is 0 Å². The average Bonchev–Trinajstić information content (AvgIpc) is 3.09. The van der Waals surface area contributed by atoms with Gasteiger partial charge in [0, 0.05) is 11.4 Å². The van der Waals surface area contributed by atoms with E-state index in [0.29, 0.717) is 18.1 Å². The third-order valence-electron chi connectivity index (χ3n) is 4.56. The Morgan fingerprint density at radius 2 is 2.18 bits per heavy atom. The predicted octanol–water partition coefficient (Wildman–Crippen LogP) is 2.34. The molecule has 1 aliphatic carbocycles. The smallest absolute Gasteiger partial charge is 0.150 e. The van der Waals surface area contributed by atoms with Crippen molar-refractivity contribution in [1.82, 2.24) is 9.97 Å². The third kappa shape index (κ3) is 2.50. The minimum Gasteiger partial charge on any atom is -0.369 e. The summed E-state index contributed by atoms with van der Waals surface area (Å²) in [5.74, 6) is 2.49. The summed E-state index contributed by atoms with van der Waals surface area (Å²) in [6.45, 7) is 2.59.